The summed E-state index contributed by atoms with van der Waals surface area (Å²) in [5.41, 5.74) is 0. The number of allylic oxidation sites excluding steroid dienone is 8. The molecule has 132 valence electrons. The summed E-state index contributed by atoms with van der Waals surface area (Å²) in [4.78, 5) is 0. The first kappa shape index (κ1) is 22.8. The minimum absolute atomic E-state index is 0. The molecule has 0 aromatic rings. The zero-order valence-electron chi connectivity index (χ0n) is 14.6. The molecule has 0 N–H and O–H groups in total. The van der Waals surface area contributed by atoms with Gasteiger partial charge in [-0.05, 0) is 49.4 Å². The maximum atomic E-state index is 4.93. The fraction of sp³-hybridized carbons (Fsp3) is 0.500. The van der Waals surface area contributed by atoms with Gasteiger partial charge in [-0.1, -0.05) is 48.6 Å². The van der Waals surface area contributed by atoms with Crippen molar-refractivity contribution in [2.45, 2.75) is 36.2 Å². The third kappa shape index (κ3) is 5.90. The molecule has 0 aromatic heterocycles. The monoisotopic (exact) mass is 460 g/mol. The third-order valence-corrected chi connectivity index (χ3v) is 6.82. The molecule has 0 nitrogen and oxygen atoms in total. The Balaban J connectivity index is 0.000000539. The number of halogens is 2. The van der Waals surface area contributed by atoms with Gasteiger partial charge in [0, 0.05) is 10.5 Å². The van der Waals surface area contributed by atoms with Crippen molar-refractivity contribution >= 4 is 28.8 Å². The SMILES string of the molecule is C1=CC2CC(SC3CC4C=CC=CC4C3)CC2C=C1.[CH3-].[CH3-].[Cl][Zr+2][Cl]. The van der Waals surface area contributed by atoms with E-state index in [0.29, 0.717) is 0 Å². The van der Waals surface area contributed by atoms with E-state index >= 15 is 0 Å². The molecule has 4 heteroatoms. The van der Waals surface area contributed by atoms with Crippen molar-refractivity contribution in [3.63, 3.8) is 0 Å². The van der Waals surface area contributed by atoms with Gasteiger partial charge in [0.15, 0.2) is 0 Å². The molecule has 4 rings (SSSR count). The minimum atomic E-state index is -0.826. The first-order chi connectivity index (χ1) is 10.8. The van der Waals surface area contributed by atoms with Crippen LogP contribution in [0.25, 0.3) is 0 Å². The Labute approximate surface area is 171 Å². The molecule has 0 spiro atoms. The fourth-order valence-corrected chi connectivity index (χ4v) is 6.19. The van der Waals surface area contributed by atoms with Crippen molar-refractivity contribution in [1.29, 1.82) is 0 Å². The van der Waals surface area contributed by atoms with E-state index in [4.69, 9.17) is 17.0 Å². The van der Waals surface area contributed by atoms with E-state index in [2.05, 4.69) is 60.4 Å². The van der Waals surface area contributed by atoms with Crippen LogP contribution in [0.5, 0.6) is 0 Å². The molecule has 4 aliphatic rings. The summed E-state index contributed by atoms with van der Waals surface area (Å²) in [6.45, 7) is 0. The van der Waals surface area contributed by atoms with Gasteiger partial charge in [-0.15, -0.1) is 0 Å². The Morgan fingerprint density at radius 3 is 1.12 bits per heavy atom. The van der Waals surface area contributed by atoms with Crippen LogP contribution in [-0.4, -0.2) is 10.5 Å². The average molecular weight is 463 g/mol. The molecule has 0 bridgehead atoms. The van der Waals surface area contributed by atoms with Gasteiger partial charge >= 0.3 is 37.9 Å². The summed E-state index contributed by atoms with van der Waals surface area (Å²) in [6.07, 6.45) is 24.4. The Morgan fingerprint density at radius 2 is 0.875 bits per heavy atom. The van der Waals surface area contributed by atoms with Crippen LogP contribution < -0.4 is 0 Å². The second-order valence-electron chi connectivity index (χ2n) is 6.59. The Hall–Kier alpha value is 0.773. The van der Waals surface area contributed by atoms with Crippen LogP contribution in [0.15, 0.2) is 48.6 Å². The first-order valence-electron chi connectivity index (χ1n) is 8.12. The van der Waals surface area contributed by atoms with Gasteiger partial charge in [-0.2, -0.15) is 11.8 Å². The van der Waals surface area contributed by atoms with E-state index in [1.54, 1.807) is 0 Å². The van der Waals surface area contributed by atoms with Gasteiger partial charge in [0.25, 0.3) is 0 Å². The molecular formula is C20H28Cl2SZr. The Morgan fingerprint density at radius 1 is 0.625 bits per heavy atom. The molecule has 4 aliphatic carbocycles. The van der Waals surface area contributed by atoms with Gasteiger partial charge in [0.2, 0.25) is 0 Å². The zero-order valence-corrected chi connectivity index (χ0v) is 19.4. The predicted molar refractivity (Wildman–Crippen MR) is 109 cm³/mol. The van der Waals surface area contributed by atoms with Crippen LogP contribution in [0.4, 0.5) is 0 Å². The molecule has 2 saturated carbocycles. The van der Waals surface area contributed by atoms with E-state index in [1.807, 2.05) is 0 Å². The third-order valence-electron chi connectivity index (χ3n) is 5.28. The van der Waals surface area contributed by atoms with Crippen molar-refractivity contribution < 1.29 is 20.8 Å². The molecule has 2 fully saturated rings. The van der Waals surface area contributed by atoms with E-state index in [9.17, 15) is 0 Å². The molecular weight excluding hydrogens is 434 g/mol. The van der Waals surface area contributed by atoms with Crippen LogP contribution in [0.3, 0.4) is 0 Å². The van der Waals surface area contributed by atoms with Crippen molar-refractivity contribution in [3.05, 3.63) is 63.5 Å². The van der Waals surface area contributed by atoms with Crippen molar-refractivity contribution in [1.82, 2.24) is 0 Å². The van der Waals surface area contributed by atoms with E-state index in [1.165, 1.54) is 25.7 Å². The summed E-state index contributed by atoms with van der Waals surface area (Å²) in [5, 5.41) is 1.81. The first-order valence-corrected chi connectivity index (χ1v) is 15.4. The number of thioether (sulfide) groups is 1. The maximum absolute atomic E-state index is 4.93. The van der Waals surface area contributed by atoms with Gasteiger partial charge in [-0.25, -0.2) is 0 Å². The molecule has 0 radical (unpaired) electrons. The number of fused-ring (bicyclic) bond motifs is 2. The molecule has 0 amide bonds. The van der Waals surface area contributed by atoms with Crippen molar-refractivity contribution in [3.8, 4) is 0 Å². The van der Waals surface area contributed by atoms with Gasteiger partial charge in [-0.3, -0.25) is 0 Å². The number of rotatable bonds is 2. The number of hydrogen-bond donors (Lipinski definition) is 0. The molecule has 0 heterocycles. The summed E-state index contributed by atoms with van der Waals surface area (Å²) < 4.78 is 0. The second-order valence-corrected chi connectivity index (χ2v) is 11.9. The van der Waals surface area contributed by atoms with Crippen LogP contribution in [0, 0.1) is 38.5 Å². The van der Waals surface area contributed by atoms with Crippen LogP contribution in [0.1, 0.15) is 25.7 Å². The van der Waals surface area contributed by atoms with E-state index in [0.717, 1.165) is 34.2 Å². The van der Waals surface area contributed by atoms with Crippen molar-refractivity contribution in [2.24, 2.45) is 23.7 Å². The topological polar surface area (TPSA) is 0 Å². The summed E-state index contributed by atoms with van der Waals surface area (Å²) in [7, 11) is 9.87. The normalized spacial score (nSPS) is 37.2. The number of hydrogen-bond acceptors (Lipinski definition) is 1. The van der Waals surface area contributed by atoms with Crippen LogP contribution in [0.2, 0.25) is 0 Å². The summed E-state index contributed by atoms with van der Waals surface area (Å²) >= 11 is 1.49. The fourth-order valence-electron chi connectivity index (χ4n) is 4.31. The quantitative estimate of drug-likeness (QED) is 0.397. The summed E-state index contributed by atoms with van der Waals surface area (Å²) in [5.74, 6) is 3.36. The molecule has 24 heavy (non-hydrogen) atoms. The molecule has 4 unspecified atom stereocenters. The van der Waals surface area contributed by atoms with Gasteiger partial charge in [0.05, 0.1) is 0 Å². The Kier molecular flexibility index (Phi) is 10.9. The second kappa shape index (κ2) is 11.5. The van der Waals surface area contributed by atoms with Crippen molar-refractivity contribution in [2.75, 3.05) is 0 Å². The van der Waals surface area contributed by atoms with Gasteiger partial charge < -0.3 is 14.9 Å². The van der Waals surface area contributed by atoms with Crippen LogP contribution in [-0.2, 0) is 20.8 Å². The van der Waals surface area contributed by atoms with E-state index < -0.39 is 20.8 Å². The van der Waals surface area contributed by atoms with E-state index in [-0.39, 0.29) is 14.9 Å². The summed E-state index contributed by atoms with van der Waals surface area (Å²) in [6, 6.07) is 0. The Bertz CT molecular complexity index is 404. The zero-order chi connectivity index (χ0) is 15.4. The standard InChI is InChI=1S/C18H22S.2CH3.2ClH.Zr/c1-2-6-14-10-17(9-13(14)5-1)19-18-11-15-7-3-4-8-16(15)12-18;;;;;/h1-8,13-18H,9-12H2;2*1H3;2*1H;/q;2*-1;;;+4/p-2. The molecule has 0 aliphatic heterocycles. The molecule has 0 aromatic carbocycles. The predicted octanol–water partition coefficient (Wildman–Crippen LogP) is 7.04. The molecule has 4 atom stereocenters. The van der Waals surface area contributed by atoms with Crippen LogP contribution >= 0.6 is 28.8 Å². The van der Waals surface area contributed by atoms with Gasteiger partial charge in [0.1, 0.15) is 0 Å². The average Bonchev–Trinajstić information content (AvgIpc) is 3.10. The molecule has 0 saturated heterocycles.